The maximum absolute atomic E-state index is 10.8. The Balaban J connectivity index is 2.75. The Morgan fingerprint density at radius 3 is 2.41 bits per heavy atom. The second-order valence-electron chi connectivity index (χ2n) is 4.66. The average Bonchev–Trinajstić information content (AvgIpc) is 2.21. The molecule has 0 aromatic carbocycles. The summed E-state index contributed by atoms with van der Waals surface area (Å²) in [6.45, 7) is 1.88. The van der Waals surface area contributed by atoms with Crippen molar-refractivity contribution in [3.8, 4) is 0 Å². The molecule has 0 heterocycles. The Morgan fingerprint density at radius 2 is 1.88 bits per heavy atom. The second kappa shape index (κ2) is 6.18. The van der Waals surface area contributed by atoms with E-state index in [1.165, 1.54) is 7.11 Å². The van der Waals surface area contributed by atoms with Crippen molar-refractivity contribution in [3.63, 3.8) is 0 Å². The van der Waals surface area contributed by atoms with Crippen molar-refractivity contribution in [1.82, 2.24) is 0 Å². The van der Waals surface area contributed by atoms with E-state index in [-0.39, 0.29) is 12.3 Å². The first-order chi connectivity index (χ1) is 7.93. The van der Waals surface area contributed by atoms with Gasteiger partial charge in [-0.2, -0.15) is 0 Å². The van der Waals surface area contributed by atoms with Gasteiger partial charge in [-0.25, -0.2) is 4.79 Å². The number of aliphatic hydroxyl groups excluding tert-OH is 2. The van der Waals surface area contributed by atoms with Gasteiger partial charge in [0.1, 0.15) is 6.10 Å². The molecule has 1 aliphatic rings. The van der Waals surface area contributed by atoms with Gasteiger partial charge < -0.3 is 25.4 Å². The van der Waals surface area contributed by atoms with Crippen LogP contribution in [0.1, 0.15) is 26.2 Å². The zero-order valence-electron chi connectivity index (χ0n) is 10.2. The summed E-state index contributed by atoms with van der Waals surface area (Å²) in [5.74, 6) is -0.0253. The third-order valence-corrected chi connectivity index (χ3v) is 3.26. The summed E-state index contributed by atoms with van der Waals surface area (Å²) in [6.07, 6.45) is -2.02. The monoisotopic (exact) mass is 247 g/mol. The highest BCUT2D eigenvalue weighted by Crippen LogP contribution is 2.26. The van der Waals surface area contributed by atoms with Crippen molar-refractivity contribution < 1.29 is 24.5 Å². The fraction of sp³-hybridized carbons (Fsp3) is 0.909. The third kappa shape index (κ3) is 4.14. The minimum atomic E-state index is -0.846. The molecule has 1 amide bonds. The van der Waals surface area contributed by atoms with Gasteiger partial charge in [-0.3, -0.25) is 0 Å². The molecular weight excluding hydrogens is 226 g/mol. The van der Waals surface area contributed by atoms with Gasteiger partial charge in [0, 0.05) is 20.0 Å². The van der Waals surface area contributed by atoms with Crippen LogP contribution in [0, 0.1) is 5.92 Å². The predicted octanol–water partition coefficient (Wildman–Crippen LogP) is 0.00710. The fourth-order valence-corrected chi connectivity index (χ4v) is 2.29. The van der Waals surface area contributed by atoms with Crippen molar-refractivity contribution >= 4 is 6.09 Å². The van der Waals surface area contributed by atoms with Gasteiger partial charge >= 0.3 is 6.09 Å². The van der Waals surface area contributed by atoms with Crippen LogP contribution in [0.4, 0.5) is 4.79 Å². The fourth-order valence-electron chi connectivity index (χ4n) is 2.29. The van der Waals surface area contributed by atoms with Crippen molar-refractivity contribution in [3.05, 3.63) is 0 Å². The molecule has 0 radical (unpaired) electrons. The predicted molar refractivity (Wildman–Crippen MR) is 60.3 cm³/mol. The molecule has 1 rings (SSSR count). The summed E-state index contributed by atoms with van der Waals surface area (Å²) < 4.78 is 10.2. The van der Waals surface area contributed by atoms with Gasteiger partial charge in [-0.05, 0) is 12.3 Å². The molecule has 17 heavy (non-hydrogen) atoms. The van der Waals surface area contributed by atoms with E-state index in [1.807, 2.05) is 6.92 Å². The lowest BCUT2D eigenvalue weighted by atomic mass is 9.86. The Bertz CT molecular complexity index is 260. The summed E-state index contributed by atoms with van der Waals surface area (Å²) in [4.78, 5) is 10.8. The molecule has 1 saturated carbocycles. The molecule has 0 aromatic heterocycles. The molecule has 4 N–H and O–H groups in total. The Hall–Kier alpha value is -0.850. The zero-order valence-corrected chi connectivity index (χ0v) is 10.2. The maximum atomic E-state index is 10.8. The number of hydrogen-bond acceptors (Lipinski definition) is 5. The molecule has 0 saturated heterocycles. The first-order valence-corrected chi connectivity index (χ1v) is 5.79. The number of amides is 1. The number of aliphatic hydroxyl groups is 2. The lowest BCUT2D eigenvalue weighted by Crippen LogP contribution is -2.42. The van der Waals surface area contributed by atoms with E-state index < -0.39 is 30.5 Å². The molecule has 6 nitrogen and oxygen atoms in total. The highest BCUT2D eigenvalue weighted by atomic mass is 16.6. The third-order valence-electron chi connectivity index (χ3n) is 3.26. The minimum absolute atomic E-state index is 0.0253. The van der Waals surface area contributed by atoms with Gasteiger partial charge in [-0.15, -0.1) is 0 Å². The topological polar surface area (TPSA) is 102 Å². The largest absolute Gasteiger partial charge is 0.446 e. The molecule has 1 aliphatic carbocycles. The Kier molecular flexibility index (Phi) is 5.17. The van der Waals surface area contributed by atoms with Crippen LogP contribution < -0.4 is 5.73 Å². The van der Waals surface area contributed by atoms with Crippen LogP contribution in [0.25, 0.3) is 0 Å². The molecule has 1 fully saturated rings. The molecule has 6 heteroatoms. The van der Waals surface area contributed by atoms with E-state index >= 15 is 0 Å². The lowest BCUT2D eigenvalue weighted by Gasteiger charge is -2.34. The highest BCUT2D eigenvalue weighted by molar-refractivity contribution is 5.64. The van der Waals surface area contributed by atoms with E-state index in [4.69, 9.17) is 15.2 Å². The smallest absolute Gasteiger partial charge is 0.404 e. The van der Waals surface area contributed by atoms with E-state index in [1.54, 1.807) is 0 Å². The molecule has 0 aliphatic heterocycles. The maximum Gasteiger partial charge on any atom is 0.404 e. The van der Waals surface area contributed by atoms with Crippen LogP contribution >= 0.6 is 0 Å². The van der Waals surface area contributed by atoms with Crippen molar-refractivity contribution in [2.45, 2.75) is 50.6 Å². The summed E-state index contributed by atoms with van der Waals surface area (Å²) >= 11 is 0. The number of rotatable bonds is 2. The highest BCUT2D eigenvalue weighted by Gasteiger charge is 2.34. The van der Waals surface area contributed by atoms with Crippen LogP contribution in [0.2, 0.25) is 0 Å². The van der Waals surface area contributed by atoms with E-state index in [2.05, 4.69) is 0 Å². The second-order valence-corrected chi connectivity index (χ2v) is 4.66. The minimum Gasteiger partial charge on any atom is -0.446 e. The van der Waals surface area contributed by atoms with Crippen molar-refractivity contribution in [2.24, 2.45) is 11.7 Å². The van der Waals surface area contributed by atoms with Crippen LogP contribution in [-0.4, -0.2) is 47.8 Å². The first kappa shape index (κ1) is 14.2. The van der Waals surface area contributed by atoms with E-state index in [0.29, 0.717) is 12.8 Å². The van der Waals surface area contributed by atoms with Crippen LogP contribution in [0.15, 0.2) is 0 Å². The summed E-state index contributed by atoms with van der Waals surface area (Å²) in [6, 6.07) is 0. The molecule has 100 valence electrons. The van der Waals surface area contributed by atoms with Gasteiger partial charge in [0.2, 0.25) is 0 Å². The normalized spacial score (nSPS) is 39.2. The van der Waals surface area contributed by atoms with Crippen molar-refractivity contribution in [1.29, 1.82) is 0 Å². The van der Waals surface area contributed by atoms with Gasteiger partial charge in [0.05, 0.1) is 18.3 Å². The quantitative estimate of drug-likeness (QED) is 0.638. The lowest BCUT2D eigenvalue weighted by molar-refractivity contribution is -0.0831. The van der Waals surface area contributed by atoms with Gasteiger partial charge in [0.15, 0.2) is 0 Å². The van der Waals surface area contributed by atoms with E-state index in [9.17, 15) is 15.0 Å². The summed E-state index contributed by atoms with van der Waals surface area (Å²) in [5, 5.41) is 19.6. The number of methoxy groups -OCH3 is 1. The summed E-state index contributed by atoms with van der Waals surface area (Å²) in [7, 11) is 1.48. The van der Waals surface area contributed by atoms with Crippen molar-refractivity contribution in [2.75, 3.05) is 7.11 Å². The van der Waals surface area contributed by atoms with E-state index in [0.717, 1.165) is 0 Å². The number of carbonyl (C=O) groups excluding carboxylic acids is 1. The molecule has 0 spiro atoms. The van der Waals surface area contributed by atoms with Crippen LogP contribution in [0.5, 0.6) is 0 Å². The summed E-state index contributed by atoms with van der Waals surface area (Å²) in [5.41, 5.74) is 5.00. The number of nitrogens with two attached hydrogens (primary N) is 1. The molecule has 0 bridgehead atoms. The first-order valence-electron chi connectivity index (χ1n) is 5.79. The average molecular weight is 247 g/mol. The SMILES string of the molecule is COC1CC(OC(N)=O)C(C)CC(O)CC1O. The molecule has 0 aromatic rings. The van der Waals surface area contributed by atoms with Crippen LogP contribution in [0.3, 0.4) is 0 Å². The Morgan fingerprint density at radius 1 is 1.24 bits per heavy atom. The standard InChI is InChI=1S/C11H21NO5/c1-6-3-7(13)4-8(14)10(16-2)5-9(6)17-11(12)15/h6-10,13-14H,3-5H2,1-2H3,(H2,12,15). The number of hydrogen-bond donors (Lipinski definition) is 3. The number of carbonyl (C=O) groups is 1. The van der Waals surface area contributed by atoms with Gasteiger partial charge in [-0.1, -0.05) is 6.92 Å². The number of ether oxygens (including phenoxy) is 2. The molecule has 5 atom stereocenters. The molecular formula is C11H21NO5. The Labute approximate surface area is 101 Å². The number of primary amides is 1. The zero-order chi connectivity index (χ0) is 13.0. The molecule has 5 unspecified atom stereocenters. The van der Waals surface area contributed by atoms with Crippen LogP contribution in [-0.2, 0) is 9.47 Å². The van der Waals surface area contributed by atoms with Gasteiger partial charge in [0.25, 0.3) is 0 Å².